The molecule has 0 N–H and O–H groups in total. The van der Waals surface area contributed by atoms with E-state index in [1.54, 1.807) is 6.20 Å². The number of aryl methyl sites for hydroxylation is 2. The molecule has 0 fully saturated rings. The average molecular weight is 325 g/mol. The van der Waals surface area contributed by atoms with E-state index < -0.39 is 0 Å². The van der Waals surface area contributed by atoms with Gasteiger partial charge in [0.2, 0.25) is 0 Å². The standard InChI is InChI=1S/C17H19N5O2/c1-12-8-15(13(2)24-12)17(23)21-7-6-20-9-14(19-16(20)11-21)10-22-5-3-4-18-22/h3-5,8-9H,6-7,10-11H2,1-2H3. The maximum absolute atomic E-state index is 12.7. The Morgan fingerprint density at radius 3 is 2.92 bits per heavy atom. The zero-order valence-electron chi connectivity index (χ0n) is 13.8. The van der Waals surface area contributed by atoms with Crippen LogP contribution < -0.4 is 0 Å². The Kier molecular flexibility index (Phi) is 3.48. The highest BCUT2D eigenvalue weighted by atomic mass is 16.3. The third-order valence-electron chi connectivity index (χ3n) is 4.29. The second-order valence-corrected chi connectivity index (χ2v) is 6.10. The lowest BCUT2D eigenvalue weighted by molar-refractivity contribution is 0.0705. The molecule has 0 aliphatic carbocycles. The molecule has 1 aliphatic rings. The monoisotopic (exact) mass is 325 g/mol. The first-order chi connectivity index (χ1) is 11.6. The molecule has 124 valence electrons. The Morgan fingerprint density at radius 1 is 1.33 bits per heavy atom. The summed E-state index contributed by atoms with van der Waals surface area (Å²) in [5, 5.41) is 4.21. The van der Waals surface area contributed by atoms with Crippen LogP contribution in [0.3, 0.4) is 0 Å². The summed E-state index contributed by atoms with van der Waals surface area (Å²) in [6, 6.07) is 3.70. The van der Waals surface area contributed by atoms with Gasteiger partial charge in [-0.1, -0.05) is 0 Å². The van der Waals surface area contributed by atoms with Gasteiger partial charge in [0.05, 0.1) is 24.3 Å². The van der Waals surface area contributed by atoms with Crippen molar-refractivity contribution in [3.05, 3.63) is 59.3 Å². The number of fused-ring (bicyclic) bond motifs is 1. The first kappa shape index (κ1) is 14.7. The number of hydrogen-bond acceptors (Lipinski definition) is 4. The lowest BCUT2D eigenvalue weighted by Crippen LogP contribution is -2.38. The van der Waals surface area contributed by atoms with Gasteiger partial charge in [0.25, 0.3) is 5.91 Å². The summed E-state index contributed by atoms with van der Waals surface area (Å²) in [6.45, 7) is 6.26. The van der Waals surface area contributed by atoms with Crippen LogP contribution in [-0.2, 0) is 19.6 Å². The van der Waals surface area contributed by atoms with Crippen LogP contribution in [0.1, 0.15) is 33.4 Å². The summed E-state index contributed by atoms with van der Waals surface area (Å²) in [6.07, 6.45) is 5.72. The fourth-order valence-electron chi connectivity index (χ4n) is 3.13. The predicted octanol–water partition coefficient (Wildman–Crippen LogP) is 1.99. The number of nitrogens with zero attached hydrogens (tertiary/aromatic N) is 5. The van der Waals surface area contributed by atoms with E-state index in [1.807, 2.05) is 48.0 Å². The van der Waals surface area contributed by atoms with Crippen LogP contribution in [0.4, 0.5) is 0 Å². The van der Waals surface area contributed by atoms with Gasteiger partial charge in [-0.3, -0.25) is 9.48 Å². The Bertz CT molecular complexity index is 875. The molecule has 0 bridgehead atoms. The van der Waals surface area contributed by atoms with Gasteiger partial charge in [-0.25, -0.2) is 4.98 Å². The van der Waals surface area contributed by atoms with Crippen molar-refractivity contribution in [3.63, 3.8) is 0 Å². The maximum atomic E-state index is 12.7. The molecule has 24 heavy (non-hydrogen) atoms. The third kappa shape index (κ3) is 2.62. The van der Waals surface area contributed by atoms with Crippen LogP contribution in [0.15, 0.2) is 35.1 Å². The van der Waals surface area contributed by atoms with Crippen molar-refractivity contribution in [1.29, 1.82) is 0 Å². The fraction of sp³-hybridized carbons (Fsp3) is 0.353. The van der Waals surface area contributed by atoms with E-state index in [4.69, 9.17) is 4.42 Å². The SMILES string of the molecule is Cc1cc(C(=O)N2CCn3cc(Cn4cccn4)nc3C2)c(C)o1. The molecule has 4 heterocycles. The number of aromatic nitrogens is 4. The van der Waals surface area contributed by atoms with Gasteiger partial charge >= 0.3 is 0 Å². The second-order valence-electron chi connectivity index (χ2n) is 6.10. The molecule has 0 spiro atoms. The maximum Gasteiger partial charge on any atom is 0.257 e. The molecule has 0 atom stereocenters. The number of hydrogen-bond donors (Lipinski definition) is 0. The summed E-state index contributed by atoms with van der Waals surface area (Å²) in [7, 11) is 0. The van der Waals surface area contributed by atoms with Crippen molar-refractivity contribution in [2.24, 2.45) is 0 Å². The van der Waals surface area contributed by atoms with Gasteiger partial charge in [-0.2, -0.15) is 5.10 Å². The quantitative estimate of drug-likeness (QED) is 0.738. The summed E-state index contributed by atoms with van der Waals surface area (Å²) >= 11 is 0. The van der Waals surface area contributed by atoms with Gasteiger partial charge in [0.1, 0.15) is 17.3 Å². The van der Waals surface area contributed by atoms with Crippen LogP contribution >= 0.6 is 0 Å². The van der Waals surface area contributed by atoms with Gasteiger partial charge in [0, 0.05) is 31.7 Å². The first-order valence-electron chi connectivity index (χ1n) is 7.99. The molecular weight excluding hydrogens is 306 g/mol. The number of carbonyl (C=O) groups excluding carboxylic acids is 1. The van der Waals surface area contributed by atoms with Crippen molar-refractivity contribution in [3.8, 4) is 0 Å². The van der Waals surface area contributed by atoms with E-state index in [1.165, 1.54) is 0 Å². The van der Waals surface area contributed by atoms with Gasteiger partial charge in [-0.05, 0) is 26.0 Å². The smallest absolute Gasteiger partial charge is 0.257 e. The molecule has 0 radical (unpaired) electrons. The molecule has 1 amide bonds. The van der Waals surface area contributed by atoms with E-state index in [9.17, 15) is 4.79 Å². The largest absolute Gasteiger partial charge is 0.466 e. The molecule has 7 heteroatoms. The summed E-state index contributed by atoms with van der Waals surface area (Å²) < 4.78 is 9.44. The molecule has 7 nitrogen and oxygen atoms in total. The Balaban J connectivity index is 1.52. The van der Waals surface area contributed by atoms with Gasteiger partial charge in [0.15, 0.2) is 0 Å². The zero-order chi connectivity index (χ0) is 16.7. The van der Waals surface area contributed by atoms with Crippen LogP contribution in [0.5, 0.6) is 0 Å². The molecule has 0 saturated carbocycles. The molecule has 4 rings (SSSR count). The van der Waals surface area contributed by atoms with E-state index in [0.717, 1.165) is 23.8 Å². The number of furan rings is 1. The highest BCUT2D eigenvalue weighted by molar-refractivity contribution is 5.95. The third-order valence-corrected chi connectivity index (χ3v) is 4.29. The van der Waals surface area contributed by atoms with Crippen LogP contribution in [0, 0.1) is 13.8 Å². The zero-order valence-corrected chi connectivity index (χ0v) is 13.8. The number of imidazole rings is 1. The molecule has 3 aromatic heterocycles. The molecule has 3 aromatic rings. The molecule has 0 unspecified atom stereocenters. The van der Waals surface area contributed by atoms with E-state index in [2.05, 4.69) is 14.6 Å². The van der Waals surface area contributed by atoms with Gasteiger partial charge in [-0.15, -0.1) is 0 Å². The van der Waals surface area contributed by atoms with E-state index in [0.29, 0.717) is 31.0 Å². The molecular formula is C17H19N5O2. The van der Waals surface area contributed by atoms with Crippen molar-refractivity contribution >= 4 is 5.91 Å². The normalized spacial score (nSPS) is 14.0. The predicted molar refractivity (Wildman–Crippen MR) is 86.5 cm³/mol. The number of rotatable bonds is 3. The topological polar surface area (TPSA) is 69.1 Å². The summed E-state index contributed by atoms with van der Waals surface area (Å²) in [5.41, 5.74) is 1.60. The van der Waals surface area contributed by atoms with Crippen molar-refractivity contribution < 1.29 is 9.21 Å². The molecule has 1 aliphatic heterocycles. The van der Waals surface area contributed by atoms with E-state index in [-0.39, 0.29) is 5.91 Å². The lowest BCUT2D eigenvalue weighted by Gasteiger charge is -2.27. The van der Waals surface area contributed by atoms with E-state index >= 15 is 0 Å². The number of amides is 1. The van der Waals surface area contributed by atoms with Crippen molar-refractivity contribution in [1.82, 2.24) is 24.2 Å². The number of carbonyl (C=O) groups is 1. The highest BCUT2D eigenvalue weighted by Crippen LogP contribution is 2.20. The van der Waals surface area contributed by atoms with Crippen LogP contribution in [-0.4, -0.2) is 36.7 Å². The lowest BCUT2D eigenvalue weighted by atomic mass is 10.2. The Labute approximate surface area is 139 Å². The summed E-state index contributed by atoms with van der Waals surface area (Å²) in [5.74, 6) is 2.35. The molecule has 0 saturated heterocycles. The minimum Gasteiger partial charge on any atom is -0.466 e. The Hall–Kier alpha value is -2.83. The van der Waals surface area contributed by atoms with Crippen LogP contribution in [0.2, 0.25) is 0 Å². The minimum absolute atomic E-state index is 0.00669. The fourth-order valence-corrected chi connectivity index (χ4v) is 3.13. The first-order valence-corrected chi connectivity index (χ1v) is 7.99. The van der Waals surface area contributed by atoms with Crippen LogP contribution in [0.25, 0.3) is 0 Å². The molecule has 0 aromatic carbocycles. The Morgan fingerprint density at radius 2 is 2.21 bits per heavy atom. The van der Waals surface area contributed by atoms with Crippen molar-refractivity contribution in [2.45, 2.75) is 33.5 Å². The second kappa shape index (κ2) is 5.67. The van der Waals surface area contributed by atoms with Crippen molar-refractivity contribution in [2.75, 3.05) is 6.54 Å². The van der Waals surface area contributed by atoms with Gasteiger partial charge < -0.3 is 13.9 Å². The average Bonchev–Trinajstić information content (AvgIpc) is 3.26. The highest BCUT2D eigenvalue weighted by Gasteiger charge is 2.25. The minimum atomic E-state index is 0.00669. The summed E-state index contributed by atoms with van der Waals surface area (Å²) in [4.78, 5) is 19.2.